The van der Waals surface area contributed by atoms with Gasteiger partial charge in [-0.05, 0) is 12.5 Å². The lowest BCUT2D eigenvalue weighted by Crippen LogP contribution is -1.97. The van der Waals surface area contributed by atoms with Gasteiger partial charge in [-0.1, -0.05) is 35.0 Å². The Balaban J connectivity index is 1.67. The number of aryl methyl sites for hydroxylation is 1. The van der Waals surface area contributed by atoms with Gasteiger partial charge in [0.2, 0.25) is 0 Å². The summed E-state index contributed by atoms with van der Waals surface area (Å²) in [5.74, 6) is 1.17. The van der Waals surface area contributed by atoms with Crippen molar-refractivity contribution in [3.8, 4) is 0 Å². The minimum absolute atomic E-state index is 0.356. The number of pyridine rings is 1. The second kappa shape index (κ2) is 6.36. The number of nitrogens with two attached hydrogens (primary N) is 1. The van der Waals surface area contributed by atoms with Gasteiger partial charge in [-0.25, -0.2) is 9.97 Å². The van der Waals surface area contributed by atoms with Gasteiger partial charge in [0.1, 0.15) is 11.0 Å². The van der Waals surface area contributed by atoms with Crippen LogP contribution in [0, 0.1) is 0 Å². The Morgan fingerprint density at radius 1 is 1.24 bits per heavy atom. The molecule has 0 unspecified atom stereocenters. The van der Waals surface area contributed by atoms with E-state index in [4.69, 9.17) is 28.9 Å². The van der Waals surface area contributed by atoms with E-state index in [1.807, 2.05) is 17.6 Å². The van der Waals surface area contributed by atoms with Crippen molar-refractivity contribution < 1.29 is 0 Å². The predicted octanol–water partition coefficient (Wildman–Crippen LogP) is 4.31. The van der Waals surface area contributed by atoms with E-state index in [2.05, 4.69) is 15.0 Å². The van der Waals surface area contributed by atoms with Crippen molar-refractivity contribution in [2.75, 3.05) is 11.5 Å². The molecule has 0 radical (unpaired) electrons. The maximum atomic E-state index is 6.14. The fourth-order valence-electron chi connectivity index (χ4n) is 1.81. The van der Waals surface area contributed by atoms with E-state index < -0.39 is 0 Å². The van der Waals surface area contributed by atoms with E-state index in [1.54, 1.807) is 11.3 Å². The third kappa shape index (κ3) is 3.58. The molecule has 3 aromatic heterocycles. The van der Waals surface area contributed by atoms with Crippen molar-refractivity contribution in [3.63, 3.8) is 0 Å². The number of thioether (sulfide) groups is 1. The number of nitrogen functional groups attached to an aromatic ring is 1. The molecule has 4 nitrogen and oxygen atoms in total. The van der Waals surface area contributed by atoms with Crippen molar-refractivity contribution >= 4 is 62.2 Å². The van der Waals surface area contributed by atoms with Crippen LogP contribution < -0.4 is 5.73 Å². The van der Waals surface area contributed by atoms with Crippen LogP contribution in [0.5, 0.6) is 0 Å². The number of nitrogens with zero attached hydrogens (tertiary/aromatic N) is 3. The number of hydrogen-bond donors (Lipinski definition) is 1. The van der Waals surface area contributed by atoms with Gasteiger partial charge in [0.15, 0.2) is 5.16 Å². The van der Waals surface area contributed by atoms with Crippen molar-refractivity contribution in [2.45, 2.75) is 11.6 Å². The van der Waals surface area contributed by atoms with Crippen LogP contribution in [-0.2, 0) is 6.42 Å². The first-order chi connectivity index (χ1) is 10.1. The SMILES string of the molecule is Nc1cc(Cl)nc(SCCc2cc3c(Cl)csc3cn2)n1. The molecular formula is C13H10Cl2N4S2. The fraction of sp³-hybridized carbons (Fsp3) is 0.154. The average Bonchev–Trinajstić information content (AvgIpc) is 2.79. The summed E-state index contributed by atoms with van der Waals surface area (Å²) < 4.78 is 1.10. The predicted molar refractivity (Wildman–Crippen MR) is 90.5 cm³/mol. The second-order valence-electron chi connectivity index (χ2n) is 4.25. The smallest absolute Gasteiger partial charge is 0.190 e. The summed E-state index contributed by atoms with van der Waals surface area (Å²) in [6.07, 6.45) is 2.66. The molecule has 3 heterocycles. The van der Waals surface area contributed by atoms with Crippen LogP contribution >= 0.6 is 46.3 Å². The molecule has 108 valence electrons. The van der Waals surface area contributed by atoms with Crippen molar-refractivity contribution in [3.05, 3.63) is 39.6 Å². The minimum atomic E-state index is 0.356. The first-order valence-electron chi connectivity index (χ1n) is 6.06. The molecule has 0 amide bonds. The fourth-order valence-corrected chi connectivity index (χ4v) is 3.99. The minimum Gasteiger partial charge on any atom is -0.384 e. The molecule has 0 aliphatic carbocycles. The standard InChI is InChI=1S/C13H10Cl2N4S2/c14-9-6-21-10-5-17-7(3-8(9)10)1-2-20-13-18-11(15)4-12(16)19-13/h3-6H,1-2H2,(H2,16,18,19). The molecule has 0 spiro atoms. The lowest BCUT2D eigenvalue weighted by atomic mass is 10.2. The van der Waals surface area contributed by atoms with Gasteiger partial charge in [0.05, 0.1) is 9.72 Å². The highest BCUT2D eigenvalue weighted by atomic mass is 35.5. The number of thiophene rings is 1. The molecule has 21 heavy (non-hydrogen) atoms. The van der Waals surface area contributed by atoms with Crippen LogP contribution in [0.15, 0.2) is 28.9 Å². The normalized spacial score (nSPS) is 11.1. The van der Waals surface area contributed by atoms with Gasteiger partial charge in [-0.2, -0.15) is 0 Å². The van der Waals surface area contributed by atoms with Gasteiger partial charge in [0, 0.05) is 34.5 Å². The lowest BCUT2D eigenvalue weighted by Gasteiger charge is -2.02. The zero-order chi connectivity index (χ0) is 14.8. The van der Waals surface area contributed by atoms with Gasteiger partial charge < -0.3 is 5.73 Å². The van der Waals surface area contributed by atoms with E-state index in [9.17, 15) is 0 Å². The Morgan fingerprint density at radius 2 is 2.10 bits per heavy atom. The molecule has 0 saturated heterocycles. The molecule has 0 bridgehead atoms. The topological polar surface area (TPSA) is 64.7 Å². The molecule has 8 heteroatoms. The largest absolute Gasteiger partial charge is 0.384 e. The van der Waals surface area contributed by atoms with E-state index >= 15 is 0 Å². The molecule has 0 aromatic carbocycles. The molecular weight excluding hydrogens is 347 g/mol. The molecule has 0 fully saturated rings. The Hall–Kier alpha value is -1.08. The molecule has 3 aromatic rings. The summed E-state index contributed by atoms with van der Waals surface area (Å²) in [5.41, 5.74) is 6.63. The highest BCUT2D eigenvalue weighted by Crippen LogP contribution is 2.30. The van der Waals surface area contributed by atoms with E-state index in [-0.39, 0.29) is 0 Å². The third-order valence-corrected chi connectivity index (χ3v) is 5.17. The summed E-state index contributed by atoms with van der Waals surface area (Å²) in [4.78, 5) is 12.7. The molecule has 2 N–H and O–H groups in total. The summed E-state index contributed by atoms with van der Waals surface area (Å²) in [6, 6.07) is 3.56. The van der Waals surface area contributed by atoms with E-state index in [0.717, 1.165) is 33.0 Å². The van der Waals surface area contributed by atoms with Crippen LogP contribution in [-0.4, -0.2) is 20.7 Å². The molecule has 3 rings (SSSR count). The van der Waals surface area contributed by atoms with Crippen LogP contribution in [0.2, 0.25) is 10.2 Å². The first-order valence-corrected chi connectivity index (χ1v) is 8.68. The van der Waals surface area contributed by atoms with Gasteiger partial charge in [-0.3, -0.25) is 4.98 Å². The Kier molecular flexibility index (Phi) is 4.49. The Morgan fingerprint density at radius 3 is 2.90 bits per heavy atom. The molecule has 0 aliphatic heterocycles. The number of aromatic nitrogens is 3. The summed E-state index contributed by atoms with van der Waals surface area (Å²) in [7, 11) is 0. The van der Waals surface area contributed by atoms with Crippen molar-refractivity contribution in [2.24, 2.45) is 0 Å². The first kappa shape index (κ1) is 14.8. The van der Waals surface area contributed by atoms with Gasteiger partial charge in [-0.15, -0.1) is 11.3 Å². The summed E-state index contributed by atoms with van der Waals surface area (Å²) in [6.45, 7) is 0. The maximum absolute atomic E-state index is 6.14. The quantitative estimate of drug-likeness (QED) is 0.428. The summed E-state index contributed by atoms with van der Waals surface area (Å²) in [5, 5.41) is 4.69. The maximum Gasteiger partial charge on any atom is 0.190 e. The zero-order valence-corrected chi connectivity index (χ0v) is 13.9. The van der Waals surface area contributed by atoms with E-state index in [1.165, 1.54) is 17.8 Å². The zero-order valence-electron chi connectivity index (χ0n) is 10.7. The van der Waals surface area contributed by atoms with Crippen LogP contribution in [0.25, 0.3) is 10.1 Å². The van der Waals surface area contributed by atoms with Crippen LogP contribution in [0.4, 0.5) is 5.82 Å². The molecule has 0 saturated carbocycles. The average molecular weight is 357 g/mol. The third-order valence-electron chi connectivity index (χ3n) is 2.75. The monoisotopic (exact) mass is 356 g/mol. The summed E-state index contributed by atoms with van der Waals surface area (Å²) >= 11 is 15.1. The number of hydrogen-bond acceptors (Lipinski definition) is 6. The van der Waals surface area contributed by atoms with E-state index in [0.29, 0.717) is 16.1 Å². The highest BCUT2D eigenvalue weighted by molar-refractivity contribution is 7.99. The number of rotatable bonds is 4. The number of fused-ring (bicyclic) bond motifs is 1. The highest BCUT2D eigenvalue weighted by Gasteiger charge is 2.06. The number of halogens is 2. The van der Waals surface area contributed by atoms with Gasteiger partial charge in [0.25, 0.3) is 0 Å². The van der Waals surface area contributed by atoms with Crippen LogP contribution in [0.3, 0.4) is 0 Å². The molecule has 0 aliphatic rings. The van der Waals surface area contributed by atoms with Gasteiger partial charge >= 0.3 is 0 Å². The Labute approximate surface area is 139 Å². The van der Waals surface area contributed by atoms with Crippen molar-refractivity contribution in [1.82, 2.24) is 15.0 Å². The lowest BCUT2D eigenvalue weighted by molar-refractivity contribution is 0.969. The second-order valence-corrected chi connectivity index (χ2v) is 7.02. The number of anilines is 1. The molecule has 0 atom stereocenters. The Bertz CT molecular complexity index is 771. The van der Waals surface area contributed by atoms with Crippen LogP contribution in [0.1, 0.15) is 5.69 Å². The van der Waals surface area contributed by atoms with Crippen molar-refractivity contribution in [1.29, 1.82) is 0 Å².